The van der Waals surface area contributed by atoms with Crippen molar-refractivity contribution in [2.24, 2.45) is 5.18 Å². The van der Waals surface area contributed by atoms with Crippen LogP contribution in [0.2, 0.25) is 0 Å². The third-order valence-electron chi connectivity index (χ3n) is 2.46. The highest BCUT2D eigenvalue weighted by Crippen LogP contribution is 2.38. The van der Waals surface area contributed by atoms with Crippen molar-refractivity contribution >= 4 is 23.6 Å². The van der Waals surface area contributed by atoms with Crippen molar-refractivity contribution in [3.63, 3.8) is 0 Å². The molecule has 1 aromatic rings. The van der Waals surface area contributed by atoms with Crippen LogP contribution in [-0.4, -0.2) is 29.0 Å². The van der Waals surface area contributed by atoms with E-state index in [9.17, 15) is 14.5 Å². The van der Waals surface area contributed by atoms with E-state index in [1.54, 1.807) is 0 Å². The predicted molar refractivity (Wildman–Crippen MR) is 64.2 cm³/mol. The SMILES string of the molecule is O=NC(=O)CN1C(=O)CSC1c1ccccc1. The molecule has 0 aliphatic carbocycles. The lowest BCUT2D eigenvalue weighted by molar-refractivity contribution is -0.132. The van der Waals surface area contributed by atoms with E-state index in [0.29, 0.717) is 5.75 Å². The first-order chi connectivity index (χ1) is 8.22. The first-order valence-electron chi connectivity index (χ1n) is 5.04. The summed E-state index contributed by atoms with van der Waals surface area (Å²) in [6.45, 7) is -0.241. The molecule has 1 heterocycles. The van der Waals surface area contributed by atoms with E-state index in [-0.39, 0.29) is 17.8 Å². The van der Waals surface area contributed by atoms with E-state index in [1.807, 2.05) is 30.3 Å². The molecule has 0 radical (unpaired) electrons. The molecule has 2 amide bonds. The number of nitrogens with zero attached hydrogens (tertiary/aromatic N) is 2. The lowest BCUT2D eigenvalue weighted by atomic mass is 10.2. The number of rotatable bonds is 3. The van der Waals surface area contributed by atoms with Crippen LogP contribution in [-0.2, 0) is 9.59 Å². The van der Waals surface area contributed by atoms with Gasteiger partial charge in [0.1, 0.15) is 11.9 Å². The number of benzene rings is 1. The molecular formula is C11H10N2O3S. The summed E-state index contributed by atoms with van der Waals surface area (Å²) in [6, 6.07) is 9.41. The second kappa shape index (κ2) is 5.09. The Morgan fingerprint density at radius 2 is 2.12 bits per heavy atom. The van der Waals surface area contributed by atoms with E-state index >= 15 is 0 Å². The molecule has 1 unspecified atom stereocenters. The van der Waals surface area contributed by atoms with Gasteiger partial charge in [-0.25, -0.2) is 0 Å². The molecular weight excluding hydrogens is 240 g/mol. The standard InChI is InChI=1S/C11H10N2O3S/c14-9(12-16)6-13-10(15)7-17-11(13)8-4-2-1-3-5-8/h1-5,11H,6-7H2. The molecule has 1 aliphatic heterocycles. The van der Waals surface area contributed by atoms with Gasteiger partial charge >= 0.3 is 5.91 Å². The van der Waals surface area contributed by atoms with Crippen molar-refractivity contribution < 1.29 is 9.59 Å². The van der Waals surface area contributed by atoms with Gasteiger partial charge in [-0.3, -0.25) is 9.59 Å². The van der Waals surface area contributed by atoms with Crippen molar-refractivity contribution in [3.05, 3.63) is 40.8 Å². The van der Waals surface area contributed by atoms with E-state index in [1.165, 1.54) is 16.7 Å². The Kier molecular flexibility index (Phi) is 3.53. The molecule has 0 saturated carbocycles. The molecule has 0 spiro atoms. The van der Waals surface area contributed by atoms with E-state index < -0.39 is 5.91 Å². The summed E-state index contributed by atoms with van der Waals surface area (Å²) in [7, 11) is 0. The minimum Gasteiger partial charge on any atom is -0.316 e. The number of carbonyl (C=O) groups excluding carboxylic acids is 2. The molecule has 6 heteroatoms. The Balaban J connectivity index is 2.19. The van der Waals surface area contributed by atoms with Crippen molar-refractivity contribution in [1.29, 1.82) is 0 Å². The van der Waals surface area contributed by atoms with Crippen molar-refractivity contribution in [1.82, 2.24) is 4.90 Å². The summed E-state index contributed by atoms with van der Waals surface area (Å²) < 4.78 is 0. The van der Waals surface area contributed by atoms with Crippen molar-refractivity contribution in [2.75, 3.05) is 12.3 Å². The fourth-order valence-corrected chi connectivity index (χ4v) is 2.88. The minimum atomic E-state index is -0.818. The molecule has 1 atom stereocenters. The minimum absolute atomic E-state index is 0.138. The maximum atomic E-state index is 11.6. The largest absolute Gasteiger partial charge is 0.316 e. The third kappa shape index (κ3) is 2.52. The van der Waals surface area contributed by atoms with E-state index in [0.717, 1.165) is 5.56 Å². The van der Waals surface area contributed by atoms with Crippen LogP contribution in [0.25, 0.3) is 0 Å². The number of hydrogen-bond acceptors (Lipinski definition) is 4. The maximum Gasteiger partial charge on any atom is 0.305 e. The molecule has 0 bridgehead atoms. The molecule has 5 nitrogen and oxygen atoms in total. The van der Waals surface area contributed by atoms with Gasteiger partial charge in [0.05, 0.1) is 5.75 Å². The predicted octanol–water partition coefficient (Wildman–Crippen LogP) is 1.55. The van der Waals surface area contributed by atoms with E-state index in [4.69, 9.17) is 0 Å². The van der Waals surface area contributed by atoms with Gasteiger partial charge in [-0.05, 0) is 5.56 Å². The van der Waals surface area contributed by atoms with Crippen LogP contribution in [0.1, 0.15) is 10.9 Å². The van der Waals surface area contributed by atoms with Gasteiger partial charge in [-0.15, -0.1) is 16.7 Å². The van der Waals surface area contributed by atoms with Crippen LogP contribution in [0.5, 0.6) is 0 Å². The molecule has 1 aromatic carbocycles. The fraction of sp³-hybridized carbons (Fsp3) is 0.273. The highest BCUT2D eigenvalue weighted by molar-refractivity contribution is 8.00. The summed E-state index contributed by atoms with van der Waals surface area (Å²) in [4.78, 5) is 34.1. The number of hydrogen-bond donors (Lipinski definition) is 0. The number of carbonyl (C=O) groups is 2. The average molecular weight is 250 g/mol. The summed E-state index contributed by atoms with van der Waals surface area (Å²) >= 11 is 1.44. The summed E-state index contributed by atoms with van der Waals surface area (Å²) in [6.07, 6.45) is 0. The van der Waals surface area contributed by atoms with Crippen LogP contribution in [0.3, 0.4) is 0 Å². The average Bonchev–Trinajstić information content (AvgIpc) is 2.72. The molecule has 1 saturated heterocycles. The fourth-order valence-electron chi connectivity index (χ4n) is 1.69. The Labute approximate surface area is 102 Å². The molecule has 0 aromatic heterocycles. The van der Waals surface area contributed by atoms with Gasteiger partial charge in [-0.2, -0.15) is 0 Å². The molecule has 2 rings (SSSR count). The van der Waals surface area contributed by atoms with Gasteiger partial charge < -0.3 is 4.90 Å². The Morgan fingerprint density at radius 1 is 1.41 bits per heavy atom. The maximum absolute atomic E-state index is 11.6. The zero-order chi connectivity index (χ0) is 12.3. The zero-order valence-corrected chi connectivity index (χ0v) is 9.72. The summed E-state index contributed by atoms with van der Waals surface area (Å²) in [5.74, 6) is -0.631. The van der Waals surface area contributed by atoms with Gasteiger partial charge in [0.2, 0.25) is 5.91 Å². The highest BCUT2D eigenvalue weighted by Gasteiger charge is 2.34. The summed E-state index contributed by atoms with van der Waals surface area (Å²) in [5, 5.41) is 2.12. The van der Waals surface area contributed by atoms with Gasteiger partial charge in [0.15, 0.2) is 0 Å². The number of thioether (sulfide) groups is 1. The van der Waals surface area contributed by atoms with Crippen LogP contribution < -0.4 is 0 Å². The van der Waals surface area contributed by atoms with Crippen molar-refractivity contribution in [3.8, 4) is 0 Å². The molecule has 17 heavy (non-hydrogen) atoms. The molecule has 1 fully saturated rings. The lowest BCUT2D eigenvalue weighted by Crippen LogP contribution is -2.32. The first-order valence-corrected chi connectivity index (χ1v) is 6.09. The van der Waals surface area contributed by atoms with Crippen LogP contribution in [0.4, 0.5) is 0 Å². The summed E-state index contributed by atoms with van der Waals surface area (Å²) in [5.41, 5.74) is 0.946. The number of nitroso groups, excluding NO2 is 1. The van der Waals surface area contributed by atoms with Crippen LogP contribution in [0.15, 0.2) is 35.5 Å². The van der Waals surface area contributed by atoms with Crippen molar-refractivity contribution in [2.45, 2.75) is 5.37 Å². The quantitative estimate of drug-likeness (QED) is 0.763. The van der Waals surface area contributed by atoms with Crippen LogP contribution in [0, 0.1) is 4.91 Å². The van der Waals surface area contributed by atoms with E-state index in [2.05, 4.69) is 5.18 Å². The van der Waals surface area contributed by atoms with Gasteiger partial charge in [0, 0.05) is 5.18 Å². The third-order valence-corrected chi connectivity index (χ3v) is 3.72. The smallest absolute Gasteiger partial charge is 0.305 e. The Morgan fingerprint density at radius 3 is 2.76 bits per heavy atom. The lowest BCUT2D eigenvalue weighted by Gasteiger charge is -2.22. The zero-order valence-electron chi connectivity index (χ0n) is 8.91. The Hall–Kier alpha value is -1.69. The molecule has 0 N–H and O–H groups in total. The number of amides is 2. The Bertz CT molecular complexity index is 449. The first kappa shape index (κ1) is 11.8. The molecule has 88 valence electrons. The molecule has 1 aliphatic rings. The van der Waals surface area contributed by atoms with Gasteiger partial charge in [0.25, 0.3) is 0 Å². The second-order valence-electron chi connectivity index (χ2n) is 3.58. The monoisotopic (exact) mass is 250 g/mol. The topological polar surface area (TPSA) is 66.8 Å². The highest BCUT2D eigenvalue weighted by atomic mass is 32.2. The second-order valence-corrected chi connectivity index (χ2v) is 4.65. The van der Waals surface area contributed by atoms with Crippen LogP contribution >= 0.6 is 11.8 Å². The normalized spacial score (nSPS) is 19.4. The van der Waals surface area contributed by atoms with Gasteiger partial charge in [-0.1, -0.05) is 30.3 Å².